The van der Waals surface area contributed by atoms with E-state index in [-0.39, 0.29) is 29.4 Å². The van der Waals surface area contributed by atoms with Gasteiger partial charge >= 0.3 is 0 Å². The number of fused-ring (bicyclic) bond motifs is 2. The predicted octanol–water partition coefficient (Wildman–Crippen LogP) is 3.12. The van der Waals surface area contributed by atoms with Crippen LogP contribution in [0.15, 0.2) is 40.9 Å². The third-order valence-corrected chi connectivity index (χ3v) is 11.6. The zero-order chi connectivity index (χ0) is 25.9. The lowest BCUT2D eigenvalue weighted by molar-refractivity contribution is -0.00638. The molecule has 1 aromatic carbocycles. The van der Waals surface area contributed by atoms with Gasteiger partial charge in [-0.15, -0.1) is 0 Å². The Kier molecular flexibility index (Phi) is 6.14. The lowest BCUT2D eigenvalue weighted by Crippen LogP contribution is -2.66. The molecule has 10 heteroatoms. The van der Waals surface area contributed by atoms with Crippen LogP contribution in [0, 0.1) is 5.41 Å². The Morgan fingerprint density at radius 3 is 2.37 bits per heavy atom. The number of piperidine rings is 2. The van der Waals surface area contributed by atoms with Gasteiger partial charge < -0.3 is 9.84 Å². The van der Waals surface area contributed by atoms with Crippen molar-refractivity contribution in [1.29, 1.82) is 0 Å². The second kappa shape index (κ2) is 9.43. The lowest BCUT2D eigenvalue weighted by Gasteiger charge is -2.54. The number of nitrogens with one attached hydrogen (secondary N) is 1. The minimum absolute atomic E-state index is 0.0378. The van der Waals surface area contributed by atoms with Gasteiger partial charge in [-0.05, 0) is 70.0 Å². The monoisotopic (exact) mass is 539 g/mol. The number of likely N-dealkylation sites (tertiary alicyclic amines) is 1. The van der Waals surface area contributed by atoms with Gasteiger partial charge in [0.25, 0.3) is 16.1 Å². The van der Waals surface area contributed by atoms with Gasteiger partial charge in [-0.3, -0.25) is 9.69 Å². The van der Waals surface area contributed by atoms with Crippen molar-refractivity contribution in [2.75, 3.05) is 26.2 Å². The van der Waals surface area contributed by atoms with Crippen LogP contribution in [0.1, 0.15) is 79.1 Å². The average molecular weight is 540 g/mol. The Morgan fingerprint density at radius 2 is 1.71 bits per heavy atom. The van der Waals surface area contributed by atoms with Crippen molar-refractivity contribution in [3.63, 3.8) is 0 Å². The number of hydrogen-bond donors (Lipinski definition) is 1. The predicted molar refractivity (Wildman–Crippen MR) is 141 cm³/mol. The molecule has 5 aliphatic rings. The minimum Gasteiger partial charge on any atom is -0.360 e. The van der Waals surface area contributed by atoms with Crippen molar-refractivity contribution in [3.05, 3.63) is 53.4 Å². The maximum Gasteiger partial charge on any atom is 0.282 e. The molecule has 4 aliphatic heterocycles. The Morgan fingerprint density at radius 1 is 1.03 bits per heavy atom. The molecule has 4 saturated heterocycles. The first kappa shape index (κ1) is 24.7. The molecule has 38 heavy (non-hydrogen) atoms. The van der Waals surface area contributed by atoms with Gasteiger partial charge in [-0.2, -0.15) is 17.0 Å². The molecule has 5 heterocycles. The Balaban J connectivity index is 0.928. The molecular weight excluding hydrogens is 502 g/mol. The van der Waals surface area contributed by atoms with Crippen LogP contribution in [-0.4, -0.2) is 77.3 Å². The largest absolute Gasteiger partial charge is 0.360 e. The molecule has 0 radical (unpaired) electrons. The molecule has 1 spiro atoms. The van der Waals surface area contributed by atoms with Gasteiger partial charge in [0.1, 0.15) is 5.76 Å². The first-order valence-electron chi connectivity index (χ1n) is 14.2. The fourth-order valence-corrected chi connectivity index (χ4v) is 9.46. The summed E-state index contributed by atoms with van der Waals surface area (Å²) < 4.78 is 36.3. The van der Waals surface area contributed by atoms with E-state index >= 15 is 0 Å². The van der Waals surface area contributed by atoms with E-state index in [0.29, 0.717) is 37.5 Å². The number of amides is 1. The highest BCUT2D eigenvalue weighted by molar-refractivity contribution is 7.86. The van der Waals surface area contributed by atoms with Crippen LogP contribution in [0.3, 0.4) is 0 Å². The molecule has 5 fully saturated rings. The summed E-state index contributed by atoms with van der Waals surface area (Å²) in [4.78, 5) is 15.3. The summed E-state index contributed by atoms with van der Waals surface area (Å²) >= 11 is 0. The van der Waals surface area contributed by atoms with Gasteiger partial charge in [0.2, 0.25) is 0 Å². The summed E-state index contributed by atoms with van der Waals surface area (Å²) in [5.41, 5.74) is 1.79. The van der Waals surface area contributed by atoms with E-state index in [2.05, 4.69) is 39.6 Å². The van der Waals surface area contributed by atoms with Crippen LogP contribution in [0.2, 0.25) is 0 Å². The molecule has 2 bridgehead atoms. The molecule has 1 N–H and O–H groups in total. The maximum absolute atomic E-state index is 13.7. The van der Waals surface area contributed by atoms with Crippen LogP contribution in [0.5, 0.6) is 0 Å². The van der Waals surface area contributed by atoms with Crippen LogP contribution >= 0.6 is 0 Å². The van der Waals surface area contributed by atoms with E-state index in [1.54, 1.807) is 14.7 Å². The van der Waals surface area contributed by atoms with Crippen molar-refractivity contribution in [3.8, 4) is 0 Å². The molecule has 9 nitrogen and oxygen atoms in total. The van der Waals surface area contributed by atoms with E-state index in [9.17, 15) is 13.2 Å². The standard InChI is InChI=1S/C28H37N5O4S/c34-27(25-16-26(37-30-25)21-6-7-21)29-22-14-23-8-9-24(15-22)33(23)38(35,36)32-18-28(19-32)10-12-31(13-11-28)17-20-4-2-1-3-5-20/h1-5,16,21-24H,6-15,17-19H2,(H,29,34)/t22?,23-,24+. The molecule has 1 aliphatic carbocycles. The number of hydrogen-bond acceptors (Lipinski definition) is 6. The zero-order valence-electron chi connectivity index (χ0n) is 21.8. The minimum atomic E-state index is -3.49. The maximum atomic E-state index is 13.7. The topological polar surface area (TPSA) is 99.0 Å². The summed E-state index contributed by atoms with van der Waals surface area (Å²) in [6.45, 7) is 4.28. The molecule has 1 amide bonds. The lowest BCUT2D eigenvalue weighted by atomic mass is 9.73. The summed E-state index contributed by atoms with van der Waals surface area (Å²) in [5, 5.41) is 7.06. The van der Waals surface area contributed by atoms with Gasteiger partial charge in [-0.1, -0.05) is 35.5 Å². The van der Waals surface area contributed by atoms with Crippen LogP contribution in [0.4, 0.5) is 0 Å². The fraction of sp³-hybridized carbons (Fsp3) is 0.643. The normalized spacial score (nSPS) is 29.8. The molecule has 2 aromatic rings. The summed E-state index contributed by atoms with van der Waals surface area (Å²) in [6.07, 6.45) is 7.33. The van der Waals surface area contributed by atoms with E-state index in [4.69, 9.17) is 4.52 Å². The zero-order valence-corrected chi connectivity index (χ0v) is 22.6. The molecule has 1 unspecified atom stereocenters. The number of nitrogens with zero attached hydrogens (tertiary/aromatic N) is 4. The third-order valence-electron chi connectivity index (χ3n) is 9.52. The van der Waals surface area contributed by atoms with Gasteiger partial charge in [-0.25, -0.2) is 0 Å². The summed E-state index contributed by atoms with van der Waals surface area (Å²) in [5.74, 6) is 0.991. The third kappa shape index (κ3) is 4.59. The second-order valence-corrected chi connectivity index (χ2v) is 14.1. The molecule has 204 valence electrons. The number of rotatable bonds is 7. The highest BCUT2D eigenvalue weighted by Crippen LogP contribution is 2.46. The SMILES string of the molecule is O=C(NC1C[C@H]2CC[C@@H](C1)N2S(=O)(=O)N1CC2(CCN(Cc3ccccc3)CC2)C1)c1cc(C2CC2)on1. The Labute approximate surface area is 224 Å². The first-order valence-corrected chi connectivity index (χ1v) is 15.6. The Bertz CT molecular complexity index is 1260. The van der Waals surface area contributed by atoms with Gasteiger partial charge in [0, 0.05) is 55.2 Å². The van der Waals surface area contributed by atoms with Crippen molar-refractivity contribution < 1.29 is 17.7 Å². The van der Waals surface area contributed by atoms with Crippen LogP contribution in [-0.2, 0) is 16.8 Å². The van der Waals surface area contributed by atoms with E-state index in [1.807, 2.05) is 6.07 Å². The number of carbonyl (C=O) groups excluding carboxylic acids is 1. The van der Waals surface area contributed by atoms with E-state index < -0.39 is 10.2 Å². The van der Waals surface area contributed by atoms with Crippen molar-refractivity contribution in [1.82, 2.24) is 24.0 Å². The highest BCUT2D eigenvalue weighted by Gasteiger charge is 2.55. The summed E-state index contributed by atoms with van der Waals surface area (Å²) in [6, 6.07) is 12.2. The quantitative estimate of drug-likeness (QED) is 0.581. The molecular formula is C28H37N5O4S. The molecule has 1 saturated carbocycles. The molecule has 7 rings (SSSR count). The summed E-state index contributed by atoms with van der Waals surface area (Å²) in [7, 11) is -3.49. The van der Waals surface area contributed by atoms with Crippen LogP contribution in [0.25, 0.3) is 0 Å². The first-order chi connectivity index (χ1) is 18.4. The average Bonchev–Trinajstić information content (AvgIpc) is 3.54. The number of benzene rings is 1. The molecule has 1 aromatic heterocycles. The van der Waals surface area contributed by atoms with Gasteiger partial charge in [0.05, 0.1) is 0 Å². The highest BCUT2D eigenvalue weighted by atomic mass is 32.2. The van der Waals surface area contributed by atoms with Crippen molar-refractivity contribution in [2.24, 2.45) is 5.41 Å². The fourth-order valence-electron chi connectivity index (χ4n) is 7.19. The van der Waals surface area contributed by atoms with E-state index in [0.717, 1.165) is 63.9 Å². The van der Waals surface area contributed by atoms with Gasteiger partial charge in [0.15, 0.2) is 5.69 Å². The van der Waals surface area contributed by atoms with Crippen LogP contribution < -0.4 is 5.32 Å². The Hall–Kier alpha value is -2.27. The number of carbonyl (C=O) groups is 1. The number of aromatic nitrogens is 1. The van der Waals surface area contributed by atoms with E-state index in [1.165, 1.54) is 5.56 Å². The molecule has 3 atom stereocenters. The smallest absolute Gasteiger partial charge is 0.282 e. The van der Waals surface area contributed by atoms with Crippen molar-refractivity contribution >= 4 is 16.1 Å². The second-order valence-electron chi connectivity index (χ2n) is 12.3. The van der Waals surface area contributed by atoms with Crippen molar-refractivity contribution in [2.45, 2.75) is 82.0 Å².